The molecule has 0 unspecified atom stereocenters. The molecule has 4 aromatic heterocycles. The molecule has 2 bridgehead atoms. The van der Waals surface area contributed by atoms with Crippen molar-refractivity contribution in [2.75, 3.05) is 5.32 Å². The first-order chi connectivity index (χ1) is 15.8. The molecule has 7 rings (SSSR count). The lowest BCUT2D eigenvalue weighted by Gasteiger charge is -2.50. The number of H-pyrrole nitrogens is 1. The number of anilines is 1. The number of carboxylic acids is 1. The molecule has 0 amide bonds. The molecule has 3 aliphatic carbocycles. The van der Waals surface area contributed by atoms with Gasteiger partial charge < -0.3 is 15.4 Å². The van der Waals surface area contributed by atoms with Crippen LogP contribution in [0.2, 0.25) is 0 Å². The van der Waals surface area contributed by atoms with E-state index in [9.17, 15) is 23.1 Å². The van der Waals surface area contributed by atoms with Gasteiger partial charge in [0.05, 0.1) is 12.1 Å². The Balaban J connectivity index is 1.47. The Labute approximate surface area is 184 Å². The second-order valence-electron chi connectivity index (χ2n) is 8.82. The monoisotopic (exact) mass is 456 g/mol. The van der Waals surface area contributed by atoms with Crippen molar-refractivity contribution in [3.05, 3.63) is 42.6 Å². The van der Waals surface area contributed by atoms with Crippen molar-refractivity contribution in [2.24, 2.45) is 17.8 Å². The van der Waals surface area contributed by atoms with E-state index in [1.54, 1.807) is 24.5 Å². The van der Waals surface area contributed by atoms with Crippen LogP contribution in [0, 0.1) is 23.6 Å². The number of fused-ring (bicyclic) bond motifs is 5. The van der Waals surface area contributed by atoms with Crippen LogP contribution in [-0.2, 0) is 4.79 Å². The number of carbonyl (C=O) groups is 1. The van der Waals surface area contributed by atoms with E-state index in [1.807, 2.05) is 0 Å². The summed E-state index contributed by atoms with van der Waals surface area (Å²) in [7, 11) is 0. The molecular formula is C22H19F3N6O2. The first-order valence-corrected chi connectivity index (χ1v) is 10.7. The Kier molecular flexibility index (Phi) is 4.20. The van der Waals surface area contributed by atoms with E-state index in [-0.39, 0.29) is 18.1 Å². The lowest BCUT2D eigenvalue weighted by atomic mass is 9.60. The second-order valence-corrected chi connectivity index (χ2v) is 8.82. The molecular weight excluding hydrogens is 437 g/mol. The summed E-state index contributed by atoms with van der Waals surface area (Å²) < 4.78 is 44.8. The summed E-state index contributed by atoms with van der Waals surface area (Å²) in [5.41, 5.74) is 1.46. The van der Waals surface area contributed by atoms with Crippen LogP contribution in [0.3, 0.4) is 0 Å². The van der Waals surface area contributed by atoms with Crippen molar-refractivity contribution in [1.29, 1.82) is 0 Å². The zero-order chi connectivity index (χ0) is 22.9. The van der Waals surface area contributed by atoms with Crippen molar-refractivity contribution in [2.45, 2.75) is 31.2 Å². The van der Waals surface area contributed by atoms with Crippen molar-refractivity contribution < 1.29 is 23.1 Å². The molecule has 3 N–H and O–H groups in total. The smallest absolute Gasteiger partial charge is 0.308 e. The van der Waals surface area contributed by atoms with Crippen LogP contribution in [0.15, 0.2) is 36.8 Å². The largest absolute Gasteiger partial charge is 0.481 e. The average Bonchev–Trinajstić information content (AvgIpc) is 3.39. The molecule has 0 saturated heterocycles. The highest BCUT2D eigenvalue weighted by molar-refractivity contribution is 5.92. The Morgan fingerprint density at radius 3 is 2.97 bits per heavy atom. The van der Waals surface area contributed by atoms with Crippen LogP contribution >= 0.6 is 0 Å². The molecule has 3 aliphatic rings. The minimum absolute atomic E-state index is 0.222. The van der Waals surface area contributed by atoms with Crippen LogP contribution in [0.5, 0.6) is 0 Å². The molecule has 8 nitrogen and oxygen atoms in total. The number of hydrogen-bond donors (Lipinski definition) is 3. The van der Waals surface area contributed by atoms with Gasteiger partial charge in [0.2, 0.25) is 0 Å². The van der Waals surface area contributed by atoms with Crippen molar-refractivity contribution in [1.82, 2.24) is 24.6 Å². The standard InChI is InChI=1S/C22H19F3N6O2/c23-11-6-12-13(9-27-18(12)26-8-11)19-29-20(15-2-1-5-31(15)30-19)28-17-14-4-3-10(7-22(14,24)25)16(17)21(32)33/h1-2,5-6,8-10,14,16-17H,3-4,7H2,(H,26,27)(H,32,33)(H,28,29,30)/t10-,14-,16-,17+/m0/s1. The van der Waals surface area contributed by atoms with E-state index >= 15 is 0 Å². The summed E-state index contributed by atoms with van der Waals surface area (Å²) in [6.07, 6.45) is 4.69. The predicted octanol–water partition coefficient (Wildman–Crippen LogP) is 3.96. The number of aromatic nitrogens is 5. The van der Waals surface area contributed by atoms with Gasteiger partial charge in [-0.15, -0.1) is 5.10 Å². The molecule has 33 heavy (non-hydrogen) atoms. The SMILES string of the molecule is O=C(O)[C@H]1[C@H]2CC[C@@H]([C@H]1Nc1nc(-c3c[nH]c4ncc(F)cc34)nn3cccc13)C(F)(F)C2. The van der Waals surface area contributed by atoms with Crippen LogP contribution in [-0.4, -0.2) is 47.6 Å². The van der Waals surface area contributed by atoms with E-state index in [2.05, 4.69) is 25.4 Å². The number of alkyl halides is 2. The number of nitrogens with zero attached hydrogens (tertiary/aromatic N) is 4. The fourth-order valence-corrected chi connectivity index (χ4v) is 5.52. The van der Waals surface area contributed by atoms with Crippen LogP contribution in [0.4, 0.5) is 19.0 Å². The molecule has 0 aromatic carbocycles. The Morgan fingerprint density at radius 1 is 1.33 bits per heavy atom. The number of aromatic amines is 1. The van der Waals surface area contributed by atoms with Crippen LogP contribution < -0.4 is 5.32 Å². The summed E-state index contributed by atoms with van der Waals surface area (Å²) in [6, 6.07) is 3.78. The number of carboxylic acid groups (broad SMARTS) is 1. The van der Waals surface area contributed by atoms with Gasteiger partial charge in [0.15, 0.2) is 11.6 Å². The molecule has 4 aromatic rings. The van der Waals surface area contributed by atoms with Crippen molar-refractivity contribution in [3.63, 3.8) is 0 Å². The first-order valence-electron chi connectivity index (χ1n) is 10.7. The highest BCUT2D eigenvalue weighted by atomic mass is 19.3. The van der Waals surface area contributed by atoms with Crippen molar-refractivity contribution >= 4 is 28.3 Å². The van der Waals surface area contributed by atoms with Gasteiger partial charge in [-0.25, -0.2) is 27.7 Å². The predicted molar refractivity (Wildman–Crippen MR) is 112 cm³/mol. The zero-order valence-corrected chi connectivity index (χ0v) is 17.2. The fraction of sp³-hybridized carbons (Fsp3) is 0.364. The Morgan fingerprint density at radius 2 is 2.18 bits per heavy atom. The molecule has 4 atom stereocenters. The number of nitrogens with one attached hydrogen (secondary N) is 2. The minimum atomic E-state index is -2.94. The molecule has 0 spiro atoms. The fourth-order valence-electron chi connectivity index (χ4n) is 5.52. The summed E-state index contributed by atoms with van der Waals surface area (Å²) >= 11 is 0. The van der Waals surface area contributed by atoms with Gasteiger partial charge in [0, 0.05) is 41.7 Å². The second kappa shape index (κ2) is 6.93. The van der Waals surface area contributed by atoms with Gasteiger partial charge in [-0.3, -0.25) is 4.79 Å². The third-order valence-electron chi connectivity index (χ3n) is 6.97. The molecule has 0 aliphatic heterocycles. The number of halogens is 3. The summed E-state index contributed by atoms with van der Waals surface area (Å²) in [4.78, 5) is 23.6. The van der Waals surface area contributed by atoms with E-state index in [0.29, 0.717) is 28.5 Å². The van der Waals surface area contributed by atoms with Crippen molar-refractivity contribution in [3.8, 4) is 11.4 Å². The molecule has 0 radical (unpaired) electrons. The van der Waals surface area contributed by atoms with Gasteiger partial charge in [-0.1, -0.05) is 0 Å². The van der Waals surface area contributed by atoms with Gasteiger partial charge in [0.1, 0.15) is 17.0 Å². The third-order valence-corrected chi connectivity index (χ3v) is 6.97. The number of rotatable bonds is 4. The molecule has 11 heteroatoms. The van der Waals surface area contributed by atoms with E-state index in [1.165, 1.54) is 10.6 Å². The lowest BCUT2D eigenvalue weighted by Crippen LogP contribution is -2.59. The van der Waals surface area contributed by atoms with E-state index in [0.717, 1.165) is 6.20 Å². The lowest BCUT2D eigenvalue weighted by molar-refractivity contribution is -0.175. The van der Waals surface area contributed by atoms with Crippen LogP contribution in [0.1, 0.15) is 19.3 Å². The molecule has 4 heterocycles. The molecule has 3 saturated carbocycles. The van der Waals surface area contributed by atoms with Gasteiger partial charge >= 0.3 is 5.97 Å². The minimum Gasteiger partial charge on any atom is -0.481 e. The van der Waals surface area contributed by atoms with Gasteiger partial charge in [0.25, 0.3) is 5.92 Å². The zero-order valence-electron chi connectivity index (χ0n) is 17.2. The quantitative estimate of drug-likeness (QED) is 0.429. The maximum Gasteiger partial charge on any atom is 0.308 e. The maximum atomic E-state index is 14.7. The van der Waals surface area contributed by atoms with Crippen LogP contribution in [0.25, 0.3) is 27.9 Å². The molecule has 170 valence electrons. The average molecular weight is 456 g/mol. The summed E-state index contributed by atoms with van der Waals surface area (Å²) in [5, 5.41) is 17.8. The topological polar surface area (TPSA) is 108 Å². The number of hydrogen-bond acceptors (Lipinski definition) is 5. The van der Waals surface area contributed by atoms with E-state index in [4.69, 9.17) is 0 Å². The number of pyridine rings is 1. The Hall–Kier alpha value is -3.63. The van der Waals surface area contributed by atoms with Gasteiger partial charge in [-0.05, 0) is 37.0 Å². The first kappa shape index (κ1) is 20.0. The normalized spacial score (nSPS) is 26.2. The summed E-state index contributed by atoms with van der Waals surface area (Å²) in [5.74, 6) is -6.73. The third kappa shape index (κ3) is 3.05. The molecule has 3 fully saturated rings. The highest BCUT2D eigenvalue weighted by Crippen LogP contribution is 2.54. The van der Waals surface area contributed by atoms with E-state index < -0.39 is 47.9 Å². The summed E-state index contributed by atoms with van der Waals surface area (Å²) in [6.45, 7) is 0. The highest BCUT2D eigenvalue weighted by Gasteiger charge is 2.60. The number of aliphatic carboxylic acids is 1. The maximum absolute atomic E-state index is 14.7. The Bertz CT molecular complexity index is 1400. The van der Waals surface area contributed by atoms with Gasteiger partial charge in [-0.2, -0.15) is 0 Å².